The van der Waals surface area contributed by atoms with Crippen molar-refractivity contribution in [3.8, 4) is 0 Å². The maximum absolute atomic E-state index is 12.4. The van der Waals surface area contributed by atoms with Crippen molar-refractivity contribution in [2.45, 2.75) is 31.1 Å². The topological polar surface area (TPSA) is 72.5 Å². The van der Waals surface area contributed by atoms with Gasteiger partial charge in [0, 0.05) is 5.69 Å². The van der Waals surface area contributed by atoms with E-state index in [1.165, 1.54) is 31.4 Å². The van der Waals surface area contributed by atoms with Crippen molar-refractivity contribution >= 4 is 21.7 Å². The fourth-order valence-electron chi connectivity index (χ4n) is 2.14. The van der Waals surface area contributed by atoms with Crippen LogP contribution in [-0.2, 0) is 20.2 Å². The maximum atomic E-state index is 12.4. The van der Waals surface area contributed by atoms with Gasteiger partial charge in [-0.3, -0.25) is 4.72 Å². The second-order valence-electron chi connectivity index (χ2n) is 6.45. The first-order valence-electron chi connectivity index (χ1n) is 7.45. The number of carbonyl (C=O) groups is 1. The summed E-state index contributed by atoms with van der Waals surface area (Å²) in [5, 5.41) is 0. The highest BCUT2D eigenvalue weighted by atomic mass is 32.2. The van der Waals surface area contributed by atoms with Gasteiger partial charge in [0.1, 0.15) is 0 Å². The summed E-state index contributed by atoms with van der Waals surface area (Å²) >= 11 is 0. The lowest BCUT2D eigenvalue weighted by Crippen LogP contribution is -2.14. The molecule has 128 valence electrons. The molecule has 0 aliphatic rings. The third kappa shape index (κ3) is 4.14. The molecule has 0 radical (unpaired) electrons. The molecule has 0 aromatic heterocycles. The molecule has 0 atom stereocenters. The van der Waals surface area contributed by atoms with Gasteiger partial charge in [-0.15, -0.1) is 0 Å². The van der Waals surface area contributed by atoms with Crippen molar-refractivity contribution in [2.75, 3.05) is 11.8 Å². The molecule has 2 rings (SSSR count). The summed E-state index contributed by atoms with van der Waals surface area (Å²) < 4.78 is 31.9. The van der Waals surface area contributed by atoms with E-state index in [-0.39, 0.29) is 10.3 Å². The van der Waals surface area contributed by atoms with Crippen molar-refractivity contribution in [3.63, 3.8) is 0 Å². The first kappa shape index (κ1) is 18.0. The van der Waals surface area contributed by atoms with Gasteiger partial charge in [-0.1, -0.05) is 32.9 Å². The van der Waals surface area contributed by atoms with E-state index in [0.29, 0.717) is 11.3 Å². The van der Waals surface area contributed by atoms with Crippen molar-refractivity contribution < 1.29 is 17.9 Å². The van der Waals surface area contributed by atoms with Crippen LogP contribution in [0.5, 0.6) is 0 Å². The average molecular weight is 347 g/mol. The molecule has 0 fully saturated rings. The number of hydrogen-bond acceptors (Lipinski definition) is 4. The minimum atomic E-state index is -3.71. The fourth-order valence-corrected chi connectivity index (χ4v) is 3.20. The van der Waals surface area contributed by atoms with Crippen molar-refractivity contribution in [1.29, 1.82) is 0 Å². The van der Waals surface area contributed by atoms with E-state index in [1.807, 2.05) is 12.1 Å². The highest BCUT2D eigenvalue weighted by Gasteiger charge is 2.17. The number of nitrogens with one attached hydrogen (secondary N) is 1. The Hall–Kier alpha value is -2.34. The van der Waals surface area contributed by atoms with Crippen LogP contribution in [0.15, 0.2) is 53.4 Å². The number of carbonyl (C=O) groups excluding carboxylic acids is 1. The quantitative estimate of drug-likeness (QED) is 0.858. The number of anilines is 1. The molecule has 0 spiro atoms. The van der Waals surface area contributed by atoms with E-state index < -0.39 is 16.0 Å². The van der Waals surface area contributed by atoms with Crippen molar-refractivity contribution in [3.05, 3.63) is 59.7 Å². The number of rotatable bonds is 4. The number of hydrogen-bond donors (Lipinski definition) is 1. The summed E-state index contributed by atoms with van der Waals surface area (Å²) in [5.74, 6) is -0.510. The Labute approximate surface area is 142 Å². The first-order chi connectivity index (χ1) is 11.1. The third-order valence-corrected chi connectivity index (χ3v) is 4.99. The molecule has 0 amide bonds. The summed E-state index contributed by atoms with van der Waals surface area (Å²) in [5.41, 5.74) is 1.90. The van der Waals surface area contributed by atoms with Gasteiger partial charge < -0.3 is 4.74 Å². The Morgan fingerprint density at radius 2 is 1.50 bits per heavy atom. The molecule has 24 heavy (non-hydrogen) atoms. The molecule has 0 saturated heterocycles. The Kier molecular flexibility index (Phi) is 4.99. The second-order valence-corrected chi connectivity index (χ2v) is 8.13. The predicted molar refractivity (Wildman–Crippen MR) is 93.7 cm³/mol. The SMILES string of the molecule is COC(=O)c1ccc(S(=O)(=O)Nc2ccc(C(C)(C)C)cc2)cc1. The largest absolute Gasteiger partial charge is 0.465 e. The minimum Gasteiger partial charge on any atom is -0.465 e. The summed E-state index contributed by atoms with van der Waals surface area (Å²) in [6.45, 7) is 6.28. The molecule has 0 saturated carbocycles. The predicted octanol–water partition coefficient (Wildman–Crippen LogP) is 3.57. The summed E-state index contributed by atoms with van der Waals surface area (Å²) in [6.07, 6.45) is 0. The van der Waals surface area contributed by atoms with Gasteiger partial charge in [0.15, 0.2) is 0 Å². The lowest BCUT2D eigenvalue weighted by Gasteiger charge is -2.19. The molecule has 0 unspecified atom stereocenters. The maximum Gasteiger partial charge on any atom is 0.337 e. The Morgan fingerprint density at radius 3 is 1.96 bits per heavy atom. The average Bonchev–Trinajstić information content (AvgIpc) is 2.53. The molecule has 0 heterocycles. The van der Waals surface area contributed by atoms with Crippen molar-refractivity contribution in [2.24, 2.45) is 0 Å². The highest BCUT2D eigenvalue weighted by molar-refractivity contribution is 7.92. The first-order valence-corrected chi connectivity index (χ1v) is 8.93. The molecule has 0 aliphatic heterocycles. The summed E-state index contributed by atoms with van der Waals surface area (Å²) in [4.78, 5) is 11.5. The molecule has 5 nitrogen and oxygen atoms in total. The monoisotopic (exact) mass is 347 g/mol. The van der Waals surface area contributed by atoms with Crippen LogP contribution in [0.2, 0.25) is 0 Å². The molecular formula is C18H21NO4S. The van der Waals surface area contributed by atoms with Crippen LogP contribution < -0.4 is 4.72 Å². The number of esters is 1. The van der Waals surface area contributed by atoms with Gasteiger partial charge in [0.2, 0.25) is 0 Å². The second kappa shape index (κ2) is 6.65. The summed E-state index contributed by atoms with van der Waals surface area (Å²) in [7, 11) is -2.44. The van der Waals surface area contributed by atoms with Gasteiger partial charge in [0.25, 0.3) is 10.0 Å². The lowest BCUT2D eigenvalue weighted by molar-refractivity contribution is 0.0600. The Bertz CT molecular complexity index is 817. The number of sulfonamides is 1. The van der Waals surface area contributed by atoms with E-state index in [9.17, 15) is 13.2 Å². The summed E-state index contributed by atoms with van der Waals surface area (Å²) in [6, 6.07) is 12.9. The molecule has 0 bridgehead atoms. The number of methoxy groups -OCH3 is 1. The molecule has 6 heteroatoms. The minimum absolute atomic E-state index is 0.00111. The van der Waals surface area contributed by atoms with Crippen LogP contribution in [-0.4, -0.2) is 21.5 Å². The zero-order valence-corrected chi connectivity index (χ0v) is 15.0. The molecular weight excluding hydrogens is 326 g/mol. The zero-order chi connectivity index (χ0) is 18.0. The third-order valence-electron chi connectivity index (χ3n) is 3.59. The molecule has 1 N–H and O–H groups in total. The Morgan fingerprint density at radius 1 is 0.958 bits per heavy atom. The smallest absolute Gasteiger partial charge is 0.337 e. The number of benzene rings is 2. The standard InChI is InChI=1S/C18H21NO4S/c1-18(2,3)14-7-9-15(10-8-14)19-24(21,22)16-11-5-13(6-12-16)17(20)23-4/h5-12,19H,1-4H3. The van der Waals surface area contributed by atoms with Crippen LogP contribution >= 0.6 is 0 Å². The van der Waals surface area contributed by atoms with Crippen LogP contribution in [0.4, 0.5) is 5.69 Å². The molecule has 2 aromatic rings. The van der Waals surface area contributed by atoms with Crippen LogP contribution in [0.3, 0.4) is 0 Å². The molecule has 2 aromatic carbocycles. The van der Waals surface area contributed by atoms with E-state index >= 15 is 0 Å². The zero-order valence-electron chi connectivity index (χ0n) is 14.2. The van der Waals surface area contributed by atoms with Crippen LogP contribution in [0.25, 0.3) is 0 Å². The molecule has 0 aliphatic carbocycles. The highest BCUT2D eigenvalue weighted by Crippen LogP contribution is 2.24. The van der Waals surface area contributed by atoms with Gasteiger partial charge in [-0.2, -0.15) is 0 Å². The van der Waals surface area contributed by atoms with Gasteiger partial charge in [0.05, 0.1) is 17.6 Å². The van der Waals surface area contributed by atoms with Crippen LogP contribution in [0, 0.1) is 0 Å². The van der Waals surface area contributed by atoms with E-state index in [4.69, 9.17) is 0 Å². The van der Waals surface area contributed by atoms with Crippen LogP contribution in [0.1, 0.15) is 36.7 Å². The Balaban J connectivity index is 2.20. The van der Waals surface area contributed by atoms with Crippen molar-refractivity contribution in [1.82, 2.24) is 0 Å². The lowest BCUT2D eigenvalue weighted by atomic mass is 9.87. The van der Waals surface area contributed by atoms with E-state index in [1.54, 1.807) is 12.1 Å². The fraction of sp³-hybridized carbons (Fsp3) is 0.278. The van der Waals surface area contributed by atoms with Gasteiger partial charge in [-0.05, 0) is 47.4 Å². The van der Waals surface area contributed by atoms with Gasteiger partial charge >= 0.3 is 5.97 Å². The normalized spacial score (nSPS) is 11.8. The van der Waals surface area contributed by atoms with E-state index in [2.05, 4.69) is 30.2 Å². The van der Waals surface area contributed by atoms with Gasteiger partial charge in [-0.25, -0.2) is 13.2 Å². The van der Waals surface area contributed by atoms with E-state index in [0.717, 1.165) is 5.56 Å². The number of ether oxygens (including phenoxy) is 1.